The van der Waals surface area contributed by atoms with Gasteiger partial charge in [-0.1, -0.05) is 27.7 Å². The molecule has 84 valence electrons. The minimum absolute atomic E-state index is 0.0978. The summed E-state index contributed by atoms with van der Waals surface area (Å²) in [5.74, 6) is 2.33. The van der Waals surface area contributed by atoms with Crippen LogP contribution < -0.4 is 5.32 Å². The molecule has 0 spiro atoms. The Labute approximate surface area is 92.1 Å². The molecular weight excluding hydrogens is 186 g/mol. The quantitative estimate of drug-likeness (QED) is 0.806. The number of rotatable bonds is 2. The first-order chi connectivity index (χ1) is 7.09. The molecule has 2 heteroatoms. The van der Waals surface area contributed by atoms with Gasteiger partial charge in [-0.25, -0.2) is 0 Å². The molecule has 0 bridgehead atoms. The van der Waals surface area contributed by atoms with Gasteiger partial charge in [0, 0.05) is 18.5 Å². The number of furan rings is 1. The zero-order valence-corrected chi connectivity index (χ0v) is 10.1. The van der Waals surface area contributed by atoms with Gasteiger partial charge in [-0.2, -0.15) is 0 Å². The molecule has 0 aromatic carbocycles. The summed E-state index contributed by atoms with van der Waals surface area (Å²) in [4.78, 5) is 0. The van der Waals surface area contributed by atoms with E-state index >= 15 is 0 Å². The molecule has 0 aliphatic carbocycles. The second-order valence-electron chi connectivity index (χ2n) is 5.11. The lowest BCUT2D eigenvalue weighted by atomic mass is 9.70. The van der Waals surface area contributed by atoms with Crippen molar-refractivity contribution in [3.05, 3.63) is 23.7 Å². The predicted octanol–water partition coefficient (Wildman–Crippen LogP) is 2.93. The minimum Gasteiger partial charge on any atom is -0.469 e. The summed E-state index contributed by atoms with van der Waals surface area (Å²) >= 11 is 0. The smallest absolute Gasteiger partial charge is 0.110 e. The standard InChI is InChI=1S/C13H21NO/c1-9(2)13(10(3)4)11-6-8-15-12(11)5-7-14-13/h6,8-10,14H,5,7H2,1-4H3. The van der Waals surface area contributed by atoms with Crippen LogP contribution in [-0.2, 0) is 12.0 Å². The molecule has 0 fully saturated rings. The fourth-order valence-electron chi connectivity index (χ4n) is 3.08. The van der Waals surface area contributed by atoms with Gasteiger partial charge in [0.2, 0.25) is 0 Å². The third-order valence-electron chi connectivity index (χ3n) is 3.78. The van der Waals surface area contributed by atoms with Crippen LogP contribution >= 0.6 is 0 Å². The van der Waals surface area contributed by atoms with E-state index in [-0.39, 0.29) is 5.54 Å². The molecule has 0 amide bonds. The Bertz CT molecular complexity index is 330. The Morgan fingerprint density at radius 2 is 1.93 bits per heavy atom. The average molecular weight is 207 g/mol. The van der Waals surface area contributed by atoms with Gasteiger partial charge in [-0.05, 0) is 17.9 Å². The summed E-state index contributed by atoms with van der Waals surface area (Å²) in [5.41, 5.74) is 1.47. The van der Waals surface area contributed by atoms with E-state index in [9.17, 15) is 0 Å². The molecule has 1 aliphatic rings. The van der Waals surface area contributed by atoms with Crippen LogP contribution in [0.4, 0.5) is 0 Å². The van der Waals surface area contributed by atoms with E-state index in [4.69, 9.17) is 4.42 Å². The van der Waals surface area contributed by atoms with Crippen molar-refractivity contribution < 1.29 is 4.42 Å². The summed E-state index contributed by atoms with van der Waals surface area (Å²) in [6, 6.07) is 2.14. The molecule has 0 unspecified atom stereocenters. The molecule has 0 saturated heterocycles. The van der Waals surface area contributed by atoms with Gasteiger partial charge in [-0.3, -0.25) is 0 Å². The fourth-order valence-corrected chi connectivity index (χ4v) is 3.08. The number of fused-ring (bicyclic) bond motifs is 1. The lowest BCUT2D eigenvalue weighted by molar-refractivity contribution is 0.149. The van der Waals surface area contributed by atoms with E-state index in [0.717, 1.165) is 13.0 Å². The Morgan fingerprint density at radius 1 is 1.27 bits per heavy atom. The lowest BCUT2D eigenvalue weighted by Crippen LogP contribution is -2.54. The van der Waals surface area contributed by atoms with E-state index < -0.39 is 0 Å². The minimum atomic E-state index is 0.0978. The SMILES string of the molecule is CC(C)C1(C(C)C)NCCc2occc21. The summed E-state index contributed by atoms with van der Waals surface area (Å²) in [5, 5.41) is 3.71. The van der Waals surface area contributed by atoms with Gasteiger partial charge >= 0.3 is 0 Å². The normalized spacial score (nSPS) is 19.6. The second-order valence-corrected chi connectivity index (χ2v) is 5.11. The highest BCUT2D eigenvalue weighted by molar-refractivity contribution is 5.31. The molecular formula is C13H21NO. The summed E-state index contributed by atoms with van der Waals surface area (Å²) in [7, 11) is 0. The van der Waals surface area contributed by atoms with E-state index in [1.54, 1.807) is 0 Å². The van der Waals surface area contributed by atoms with E-state index in [0.29, 0.717) is 11.8 Å². The van der Waals surface area contributed by atoms with E-state index in [1.165, 1.54) is 11.3 Å². The fraction of sp³-hybridized carbons (Fsp3) is 0.692. The Kier molecular flexibility index (Phi) is 2.63. The van der Waals surface area contributed by atoms with Crippen LogP contribution in [0, 0.1) is 11.8 Å². The van der Waals surface area contributed by atoms with Crippen LogP contribution in [0.5, 0.6) is 0 Å². The first-order valence-electron chi connectivity index (χ1n) is 5.91. The van der Waals surface area contributed by atoms with Crippen molar-refractivity contribution in [3.8, 4) is 0 Å². The van der Waals surface area contributed by atoms with Crippen LogP contribution in [0.2, 0.25) is 0 Å². The van der Waals surface area contributed by atoms with E-state index in [1.807, 2.05) is 6.26 Å². The maximum absolute atomic E-state index is 5.57. The topological polar surface area (TPSA) is 25.2 Å². The Hall–Kier alpha value is -0.760. The van der Waals surface area contributed by atoms with Gasteiger partial charge in [0.05, 0.1) is 11.8 Å². The molecule has 1 aromatic rings. The Morgan fingerprint density at radius 3 is 2.53 bits per heavy atom. The average Bonchev–Trinajstić information content (AvgIpc) is 2.63. The number of hydrogen-bond acceptors (Lipinski definition) is 2. The van der Waals surface area contributed by atoms with Crippen molar-refractivity contribution >= 4 is 0 Å². The largest absolute Gasteiger partial charge is 0.469 e. The highest BCUT2D eigenvalue weighted by atomic mass is 16.3. The number of hydrogen-bond donors (Lipinski definition) is 1. The van der Waals surface area contributed by atoms with Gasteiger partial charge < -0.3 is 9.73 Å². The molecule has 0 radical (unpaired) electrons. The molecule has 2 rings (SSSR count). The zero-order chi connectivity index (χ0) is 11.1. The molecule has 1 aliphatic heterocycles. The first-order valence-corrected chi connectivity index (χ1v) is 5.91. The van der Waals surface area contributed by atoms with Crippen molar-refractivity contribution in [3.63, 3.8) is 0 Å². The summed E-state index contributed by atoms with van der Waals surface area (Å²) in [6.45, 7) is 10.2. The van der Waals surface area contributed by atoms with Crippen LogP contribution in [0.25, 0.3) is 0 Å². The first kappa shape index (κ1) is 10.7. The van der Waals surface area contributed by atoms with Gasteiger partial charge in [-0.15, -0.1) is 0 Å². The van der Waals surface area contributed by atoms with Crippen molar-refractivity contribution in [2.75, 3.05) is 6.54 Å². The predicted molar refractivity (Wildman–Crippen MR) is 61.8 cm³/mol. The third-order valence-corrected chi connectivity index (χ3v) is 3.78. The van der Waals surface area contributed by atoms with Gasteiger partial charge in [0.25, 0.3) is 0 Å². The molecule has 0 saturated carbocycles. The monoisotopic (exact) mass is 207 g/mol. The maximum atomic E-state index is 5.57. The second kappa shape index (κ2) is 3.67. The lowest BCUT2D eigenvalue weighted by Gasteiger charge is -2.45. The van der Waals surface area contributed by atoms with Gasteiger partial charge in [0.1, 0.15) is 5.76 Å². The Balaban J connectivity index is 2.52. The van der Waals surface area contributed by atoms with Crippen LogP contribution in [0.1, 0.15) is 39.0 Å². The van der Waals surface area contributed by atoms with Crippen LogP contribution in [-0.4, -0.2) is 6.54 Å². The molecule has 1 aromatic heterocycles. The third kappa shape index (κ3) is 1.43. The van der Waals surface area contributed by atoms with Gasteiger partial charge in [0.15, 0.2) is 0 Å². The molecule has 2 heterocycles. The van der Waals surface area contributed by atoms with Crippen molar-refractivity contribution in [2.45, 2.75) is 39.7 Å². The molecule has 15 heavy (non-hydrogen) atoms. The van der Waals surface area contributed by atoms with Crippen LogP contribution in [0.15, 0.2) is 16.7 Å². The summed E-state index contributed by atoms with van der Waals surface area (Å²) in [6.07, 6.45) is 2.85. The molecule has 0 atom stereocenters. The molecule has 2 nitrogen and oxygen atoms in total. The highest BCUT2D eigenvalue weighted by Crippen LogP contribution is 2.41. The van der Waals surface area contributed by atoms with Crippen molar-refractivity contribution in [2.24, 2.45) is 11.8 Å². The number of nitrogens with one attached hydrogen (secondary N) is 1. The van der Waals surface area contributed by atoms with Crippen LogP contribution in [0.3, 0.4) is 0 Å². The zero-order valence-electron chi connectivity index (χ0n) is 10.1. The maximum Gasteiger partial charge on any atom is 0.110 e. The highest BCUT2D eigenvalue weighted by Gasteiger charge is 2.43. The van der Waals surface area contributed by atoms with Crippen molar-refractivity contribution in [1.29, 1.82) is 0 Å². The van der Waals surface area contributed by atoms with Crippen molar-refractivity contribution in [1.82, 2.24) is 5.32 Å². The van der Waals surface area contributed by atoms with E-state index in [2.05, 4.69) is 39.1 Å². The molecule has 1 N–H and O–H groups in total. The summed E-state index contributed by atoms with van der Waals surface area (Å²) < 4.78 is 5.57.